The predicted octanol–water partition coefficient (Wildman–Crippen LogP) is 2.81. The number of halogens is 2. The summed E-state index contributed by atoms with van der Waals surface area (Å²) in [6.45, 7) is 4.12. The monoisotopic (exact) mass is 275 g/mol. The van der Waals surface area contributed by atoms with Crippen molar-refractivity contribution in [1.29, 1.82) is 0 Å². The minimum absolute atomic E-state index is 0.0443. The molecule has 5 heteroatoms. The zero-order chi connectivity index (χ0) is 13.5. The Kier molecular flexibility index (Phi) is 6.60. The Morgan fingerprint density at radius 3 is 2.56 bits per heavy atom. The molecule has 0 amide bonds. The van der Waals surface area contributed by atoms with E-state index in [0.29, 0.717) is 10.9 Å². The van der Waals surface area contributed by atoms with E-state index in [1.165, 1.54) is 17.8 Å². The van der Waals surface area contributed by atoms with Gasteiger partial charge in [-0.15, -0.1) is 11.8 Å². The van der Waals surface area contributed by atoms with Gasteiger partial charge >= 0.3 is 0 Å². The van der Waals surface area contributed by atoms with Crippen LogP contribution < -0.4 is 5.32 Å². The molecule has 18 heavy (non-hydrogen) atoms. The second-order valence-electron chi connectivity index (χ2n) is 4.41. The zero-order valence-electron chi connectivity index (χ0n) is 10.6. The Hall–Kier alpha value is -0.650. The number of aliphatic hydroxyl groups excluding tert-OH is 1. The molecule has 0 spiro atoms. The SMILES string of the molecule is CC(C)NC(CO)CCSc1ccc(F)c(F)c1. The van der Waals surface area contributed by atoms with Crippen LogP contribution in [0.5, 0.6) is 0 Å². The normalized spacial score (nSPS) is 13.0. The summed E-state index contributed by atoms with van der Waals surface area (Å²) in [4.78, 5) is 0.704. The summed E-state index contributed by atoms with van der Waals surface area (Å²) in [5, 5.41) is 12.4. The molecule has 0 saturated heterocycles. The molecule has 0 fully saturated rings. The van der Waals surface area contributed by atoms with Gasteiger partial charge in [0.05, 0.1) is 6.61 Å². The van der Waals surface area contributed by atoms with Gasteiger partial charge in [-0.3, -0.25) is 0 Å². The first-order chi connectivity index (χ1) is 8.52. The van der Waals surface area contributed by atoms with Crippen molar-refractivity contribution in [2.75, 3.05) is 12.4 Å². The highest BCUT2D eigenvalue weighted by atomic mass is 32.2. The molecular formula is C13H19F2NOS. The number of aliphatic hydroxyl groups is 1. The molecule has 2 N–H and O–H groups in total. The molecular weight excluding hydrogens is 256 g/mol. The van der Waals surface area contributed by atoms with Crippen LogP contribution in [0.1, 0.15) is 20.3 Å². The maximum Gasteiger partial charge on any atom is 0.159 e. The molecule has 0 aliphatic rings. The molecule has 0 aliphatic heterocycles. The van der Waals surface area contributed by atoms with E-state index in [4.69, 9.17) is 0 Å². The molecule has 0 radical (unpaired) electrons. The summed E-state index contributed by atoms with van der Waals surface area (Å²) < 4.78 is 25.7. The van der Waals surface area contributed by atoms with E-state index in [0.717, 1.165) is 18.2 Å². The van der Waals surface area contributed by atoms with E-state index in [-0.39, 0.29) is 12.6 Å². The quantitative estimate of drug-likeness (QED) is 0.751. The van der Waals surface area contributed by atoms with Crippen molar-refractivity contribution in [2.45, 2.75) is 37.2 Å². The summed E-state index contributed by atoms with van der Waals surface area (Å²) in [7, 11) is 0. The third kappa shape index (κ3) is 5.33. The second-order valence-corrected chi connectivity index (χ2v) is 5.58. The fourth-order valence-electron chi connectivity index (χ4n) is 1.58. The van der Waals surface area contributed by atoms with Crippen molar-refractivity contribution in [2.24, 2.45) is 0 Å². The van der Waals surface area contributed by atoms with Crippen LogP contribution in [-0.4, -0.2) is 29.5 Å². The lowest BCUT2D eigenvalue weighted by atomic mass is 10.2. The van der Waals surface area contributed by atoms with E-state index in [2.05, 4.69) is 5.32 Å². The van der Waals surface area contributed by atoms with Crippen molar-refractivity contribution in [3.8, 4) is 0 Å². The van der Waals surface area contributed by atoms with E-state index >= 15 is 0 Å². The minimum atomic E-state index is -0.825. The third-order valence-corrected chi connectivity index (χ3v) is 3.44. The van der Waals surface area contributed by atoms with Crippen molar-refractivity contribution < 1.29 is 13.9 Å². The number of nitrogens with one attached hydrogen (secondary N) is 1. The van der Waals surface area contributed by atoms with Gasteiger partial charge in [0.1, 0.15) is 0 Å². The van der Waals surface area contributed by atoms with Crippen molar-refractivity contribution in [1.82, 2.24) is 5.32 Å². The van der Waals surface area contributed by atoms with Crippen LogP contribution >= 0.6 is 11.8 Å². The maximum absolute atomic E-state index is 13.0. The van der Waals surface area contributed by atoms with Gasteiger partial charge in [0.15, 0.2) is 11.6 Å². The fraction of sp³-hybridized carbons (Fsp3) is 0.538. The maximum atomic E-state index is 13.0. The first-order valence-corrected chi connectivity index (χ1v) is 6.96. The third-order valence-electron chi connectivity index (χ3n) is 2.42. The molecule has 0 saturated carbocycles. The van der Waals surface area contributed by atoms with Crippen molar-refractivity contribution in [3.63, 3.8) is 0 Å². The molecule has 1 rings (SSSR count). The van der Waals surface area contributed by atoms with Crippen LogP contribution in [0, 0.1) is 11.6 Å². The van der Waals surface area contributed by atoms with Crippen LogP contribution in [0.3, 0.4) is 0 Å². The van der Waals surface area contributed by atoms with Crippen molar-refractivity contribution >= 4 is 11.8 Å². The Bertz CT molecular complexity index is 374. The van der Waals surface area contributed by atoms with Crippen LogP contribution in [0.25, 0.3) is 0 Å². The Morgan fingerprint density at radius 1 is 1.28 bits per heavy atom. The number of rotatable bonds is 7. The van der Waals surface area contributed by atoms with Gasteiger partial charge in [-0.25, -0.2) is 8.78 Å². The summed E-state index contributed by atoms with van der Waals surface area (Å²) >= 11 is 1.46. The van der Waals surface area contributed by atoms with Crippen LogP contribution in [0.4, 0.5) is 8.78 Å². The lowest BCUT2D eigenvalue weighted by Gasteiger charge is -2.18. The highest BCUT2D eigenvalue weighted by Crippen LogP contribution is 2.21. The van der Waals surface area contributed by atoms with Gasteiger partial charge in [0.2, 0.25) is 0 Å². The Balaban J connectivity index is 2.38. The van der Waals surface area contributed by atoms with E-state index in [1.54, 1.807) is 6.07 Å². The molecule has 2 nitrogen and oxygen atoms in total. The summed E-state index contributed by atoms with van der Waals surface area (Å²) in [5.41, 5.74) is 0. The number of thioether (sulfide) groups is 1. The molecule has 1 aromatic rings. The summed E-state index contributed by atoms with van der Waals surface area (Å²) in [6, 6.07) is 4.25. The molecule has 0 aliphatic carbocycles. The largest absolute Gasteiger partial charge is 0.395 e. The highest BCUT2D eigenvalue weighted by molar-refractivity contribution is 7.99. The van der Waals surface area contributed by atoms with Crippen LogP contribution in [0.15, 0.2) is 23.1 Å². The van der Waals surface area contributed by atoms with E-state index in [9.17, 15) is 13.9 Å². The Labute approximate surface area is 111 Å². The van der Waals surface area contributed by atoms with Crippen LogP contribution in [0.2, 0.25) is 0 Å². The molecule has 0 aromatic heterocycles. The first-order valence-electron chi connectivity index (χ1n) is 5.97. The number of hydrogen-bond acceptors (Lipinski definition) is 3. The topological polar surface area (TPSA) is 32.3 Å². The van der Waals surface area contributed by atoms with Gasteiger partial charge in [-0.1, -0.05) is 13.8 Å². The van der Waals surface area contributed by atoms with Gasteiger partial charge < -0.3 is 10.4 Å². The fourth-order valence-corrected chi connectivity index (χ4v) is 2.57. The number of hydrogen-bond donors (Lipinski definition) is 2. The highest BCUT2D eigenvalue weighted by Gasteiger charge is 2.09. The number of benzene rings is 1. The second kappa shape index (κ2) is 7.71. The van der Waals surface area contributed by atoms with Gasteiger partial charge in [-0.2, -0.15) is 0 Å². The van der Waals surface area contributed by atoms with Gasteiger partial charge in [0.25, 0.3) is 0 Å². The van der Waals surface area contributed by atoms with Gasteiger partial charge in [-0.05, 0) is 30.4 Å². The average molecular weight is 275 g/mol. The molecule has 1 aromatic carbocycles. The summed E-state index contributed by atoms with van der Waals surface area (Å²) in [5.74, 6) is -0.899. The molecule has 1 atom stereocenters. The minimum Gasteiger partial charge on any atom is -0.395 e. The zero-order valence-corrected chi connectivity index (χ0v) is 11.4. The molecule has 0 bridgehead atoms. The lowest BCUT2D eigenvalue weighted by Crippen LogP contribution is -2.37. The van der Waals surface area contributed by atoms with Crippen molar-refractivity contribution in [3.05, 3.63) is 29.8 Å². The van der Waals surface area contributed by atoms with Crippen LogP contribution in [-0.2, 0) is 0 Å². The molecule has 102 valence electrons. The molecule has 0 heterocycles. The predicted molar refractivity (Wildman–Crippen MR) is 70.8 cm³/mol. The Morgan fingerprint density at radius 2 is 2.00 bits per heavy atom. The average Bonchev–Trinajstić information content (AvgIpc) is 2.32. The van der Waals surface area contributed by atoms with E-state index in [1.807, 2.05) is 13.8 Å². The van der Waals surface area contributed by atoms with E-state index < -0.39 is 11.6 Å². The van der Waals surface area contributed by atoms with Gasteiger partial charge in [0, 0.05) is 17.0 Å². The summed E-state index contributed by atoms with van der Waals surface area (Å²) in [6.07, 6.45) is 0.776. The molecule has 1 unspecified atom stereocenters. The first kappa shape index (κ1) is 15.4. The standard InChI is InChI=1S/C13H19F2NOS/c1-9(2)16-10(8-17)5-6-18-11-3-4-12(14)13(15)7-11/h3-4,7,9-10,16-17H,5-6,8H2,1-2H3. The lowest BCUT2D eigenvalue weighted by molar-refractivity contribution is 0.232. The smallest absolute Gasteiger partial charge is 0.159 e.